The number of Topliss-reactive ketones (excluding diaryl/α,β-unsaturated/α-hetero) is 1. The molecular formula is C22H24N4O2S. The summed E-state index contributed by atoms with van der Waals surface area (Å²) < 4.78 is 5.85. The van der Waals surface area contributed by atoms with Crippen LogP contribution in [0.15, 0.2) is 46.2 Å². The number of ketones is 1. The summed E-state index contributed by atoms with van der Waals surface area (Å²) in [5.74, 6) is 1.15. The van der Waals surface area contributed by atoms with Crippen LogP contribution in [0.4, 0.5) is 0 Å². The lowest BCUT2D eigenvalue weighted by Gasteiger charge is -2.26. The quantitative estimate of drug-likeness (QED) is 0.412. The second-order valence-corrected chi connectivity index (χ2v) is 8.11. The highest BCUT2D eigenvalue weighted by atomic mass is 32.1. The number of benzene rings is 1. The summed E-state index contributed by atoms with van der Waals surface area (Å²) in [6, 6.07) is 11.5. The maximum absolute atomic E-state index is 13.4. The van der Waals surface area contributed by atoms with Gasteiger partial charge in [0.25, 0.3) is 5.89 Å². The first kappa shape index (κ1) is 19.5. The minimum atomic E-state index is -0.301. The zero-order valence-corrected chi connectivity index (χ0v) is 17.6. The fraction of sp³-hybridized carbons (Fsp3) is 0.318. The number of fused-ring (bicyclic) bond motifs is 1. The lowest BCUT2D eigenvalue weighted by Crippen LogP contribution is -2.39. The SMILES string of the molecule is CCCN(Cc1nnc(-c2cccs2)o1)[C@H](C)C(=O)c1c(C)[nH]c2ccccc12. The Morgan fingerprint density at radius 1 is 1.24 bits per heavy atom. The van der Waals surface area contributed by atoms with Crippen molar-refractivity contribution in [2.75, 3.05) is 6.54 Å². The highest BCUT2D eigenvalue weighted by molar-refractivity contribution is 7.13. The van der Waals surface area contributed by atoms with Crippen molar-refractivity contribution in [3.05, 3.63) is 58.9 Å². The van der Waals surface area contributed by atoms with Crippen molar-refractivity contribution < 1.29 is 9.21 Å². The number of carbonyl (C=O) groups is 1. The number of hydrogen-bond donors (Lipinski definition) is 1. The number of aryl methyl sites for hydroxylation is 1. The smallest absolute Gasteiger partial charge is 0.257 e. The first-order chi connectivity index (χ1) is 14.1. The second kappa shape index (κ2) is 8.31. The van der Waals surface area contributed by atoms with Crippen LogP contribution in [-0.2, 0) is 6.54 Å². The van der Waals surface area contributed by atoms with Crippen LogP contribution in [0.25, 0.3) is 21.7 Å². The monoisotopic (exact) mass is 408 g/mol. The number of para-hydroxylation sites is 1. The number of nitrogens with zero attached hydrogens (tertiary/aromatic N) is 3. The molecule has 0 saturated heterocycles. The molecule has 0 radical (unpaired) electrons. The summed E-state index contributed by atoms with van der Waals surface area (Å²) >= 11 is 1.56. The molecular weight excluding hydrogens is 384 g/mol. The van der Waals surface area contributed by atoms with E-state index in [9.17, 15) is 4.79 Å². The maximum atomic E-state index is 13.4. The van der Waals surface area contributed by atoms with Crippen molar-refractivity contribution >= 4 is 28.0 Å². The third-order valence-corrected chi connectivity index (χ3v) is 5.97. The van der Waals surface area contributed by atoms with Crippen molar-refractivity contribution in [1.82, 2.24) is 20.1 Å². The largest absolute Gasteiger partial charge is 0.419 e. The topological polar surface area (TPSA) is 75.0 Å². The maximum Gasteiger partial charge on any atom is 0.257 e. The predicted octanol–water partition coefficient (Wildman–Crippen LogP) is 5.07. The minimum Gasteiger partial charge on any atom is -0.419 e. The molecule has 0 spiro atoms. The second-order valence-electron chi connectivity index (χ2n) is 7.16. The Bertz CT molecular complexity index is 1110. The molecule has 1 N–H and O–H groups in total. The predicted molar refractivity (Wildman–Crippen MR) is 115 cm³/mol. The molecule has 7 heteroatoms. The molecule has 0 amide bonds. The molecule has 0 aliphatic heterocycles. The lowest BCUT2D eigenvalue weighted by atomic mass is 10.0. The van der Waals surface area contributed by atoms with Gasteiger partial charge in [-0.2, -0.15) is 0 Å². The third-order valence-electron chi connectivity index (χ3n) is 5.12. The minimum absolute atomic E-state index is 0.103. The Balaban J connectivity index is 1.58. The zero-order chi connectivity index (χ0) is 20.4. The number of rotatable bonds is 8. The van der Waals surface area contributed by atoms with Crippen LogP contribution in [0.1, 0.15) is 42.2 Å². The van der Waals surface area contributed by atoms with Crippen LogP contribution in [0, 0.1) is 6.92 Å². The number of nitrogens with one attached hydrogen (secondary N) is 1. The van der Waals surface area contributed by atoms with Gasteiger partial charge in [0, 0.05) is 22.2 Å². The van der Waals surface area contributed by atoms with E-state index in [1.807, 2.05) is 55.6 Å². The summed E-state index contributed by atoms with van der Waals surface area (Å²) in [4.78, 5) is 19.8. The Kier molecular flexibility index (Phi) is 5.60. The lowest BCUT2D eigenvalue weighted by molar-refractivity contribution is 0.0816. The van der Waals surface area contributed by atoms with Crippen LogP contribution < -0.4 is 0 Å². The van der Waals surface area contributed by atoms with Crippen molar-refractivity contribution in [2.45, 2.75) is 39.8 Å². The molecule has 0 bridgehead atoms. The van der Waals surface area contributed by atoms with Crippen molar-refractivity contribution in [3.63, 3.8) is 0 Å². The van der Waals surface area contributed by atoms with Gasteiger partial charge in [-0.3, -0.25) is 9.69 Å². The fourth-order valence-electron chi connectivity index (χ4n) is 3.66. The van der Waals surface area contributed by atoms with E-state index < -0.39 is 0 Å². The average Bonchev–Trinajstić information content (AvgIpc) is 3.45. The Labute approximate surface area is 173 Å². The van der Waals surface area contributed by atoms with Crippen LogP contribution in [0.2, 0.25) is 0 Å². The Hall–Kier alpha value is -2.77. The van der Waals surface area contributed by atoms with Gasteiger partial charge in [0.1, 0.15) is 0 Å². The summed E-state index contributed by atoms with van der Waals surface area (Å²) in [6.45, 7) is 7.22. The van der Waals surface area contributed by atoms with E-state index >= 15 is 0 Å². The molecule has 4 aromatic rings. The van der Waals surface area contributed by atoms with E-state index in [1.54, 1.807) is 11.3 Å². The molecule has 1 aromatic carbocycles. The van der Waals surface area contributed by atoms with Gasteiger partial charge in [-0.1, -0.05) is 31.2 Å². The average molecular weight is 409 g/mol. The molecule has 6 nitrogen and oxygen atoms in total. The number of hydrogen-bond acceptors (Lipinski definition) is 6. The summed E-state index contributed by atoms with van der Waals surface area (Å²) in [5.41, 5.74) is 2.65. The highest BCUT2D eigenvalue weighted by Gasteiger charge is 2.27. The number of thiophene rings is 1. The molecule has 0 fully saturated rings. The number of aromatic amines is 1. The molecule has 29 heavy (non-hydrogen) atoms. The van der Waals surface area contributed by atoms with Gasteiger partial charge in [0.05, 0.1) is 17.5 Å². The summed E-state index contributed by atoms with van der Waals surface area (Å²) in [7, 11) is 0. The van der Waals surface area contributed by atoms with E-state index in [0.29, 0.717) is 18.3 Å². The van der Waals surface area contributed by atoms with Gasteiger partial charge in [0.15, 0.2) is 5.78 Å². The standard InChI is InChI=1S/C22H24N4O2S/c1-4-11-26(13-19-24-25-22(28-19)18-10-7-12-29-18)15(3)21(27)20-14(2)23-17-9-6-5-8-16(17)20/h5-10,12,15,23H,4,11,13H2,1-3H3/t15-/m1/s1. The van der Waals surface area contributed by atoms with Gasteiger partial charge < -0.3 is 9.40 Å². The number of carbonyl (C=O) groups excluding carboxylic acids is 1. The molecule has 0 saturated carbocycles. The summed E-state index contributed by atoms with van der Waals surface area (Å²) in [5, 5.41) is 11.3. The van der Waals surface area contributed by atoms with Crippen molar-refractivity contribution in [1.29, 1.82) is 0 Å². The van der Waals surface area contributed by atoms with Gasteiger partial charge in [-0.15, -0.1) is 21.5 Å². The van der Waals surface area contributed by atoms with Crippen LogP contribution >= 0.6 is 11.3 Å². The van der Waals surface area contributed by atoms with Crippen LogP contribution in [-0.4, -0.2) is 38.5 Å². The molecule has 0 aliphatic rings. The fourth-order valence-corrected chi connectivity index (χ4v) is 4.30. The van der Waals surface area contributed by atoms with Gasteiger partial charge >= 0.3 is 0 Å². The first-order valence-electron chi connectivity index (χ1n) is 9.80. The molecule has 1 atom stereocenters. The molecule has 3 aromatic heterocycles. The van der Waals surface area contributed by atoms with Crippen LogP contribution in [0.3, 0.4) is 0 Å². The van der Waals surface area contributed by atoms with Gasteiger partial charge in [0.2, 0.25) is 5.89 Å². The van der Waals surface area contributed by atoms with E-state index in [4.69, 9.17) is 4.42 Å². The van der Waals surface area contributed by atoms with E-state index in [-0.39, 0.29) is 11.8 Å². The molecule has 150 valence electrons. The third kappa shape index (κ3) is 3.88. The highest BCUT2D eigenvalue weighted by Crippen LogP contribution is 2.26. The van der Waals surface area contributed by atoms with Gasteiger partial charge in [-0.25, -0.2) is 0 Å². The van der Waals surface area contributed by atoms with E-state index in [2.05, 4.69) is 27.0 Å². The Morgan fingerprint density at radius 3 is 2.83 bits per heavy atom. The molecule has 0 aliphatic carbocycles. The zero-order valence-electron chi connectivity index (χ0n) is 16.8. The van der Waals surface area contributed by atoms with E-state index in [0.717, 1.165) is 40.0 Å². The van der Waals surface area contributed by atoms with E-state index in [1.165, 1.54) is 0 Å². The molecule has 4 rings (SSSR count). The number of aromatic nitrogens is 3. The van der Waals surface area contributed by atoms with Crippen LogP contribution in [0.5, 0.6) is 0 Å². The Morgan fingerprint density at radius 2 is 2.07 bits per heavy atom. The first-order valence-corrected chi connectivity index (χ1v) is 10.7. The molecule has 0 unspecified atom stereocenters. The van der Waals surface area contributed by atoms with Crippen molar-refractivity contribution in [2.24, 2.45) is 0 Å². The molecule has 3 heterocycles. The summed E-state index contributed by atoms with van der Waals surface area (Å²) in [6.07, 6.45) is 0.927. The normalized spacial score (nSPS) is 12.7. The number of H-pyrrole nitrogens is 1. The van der Waals surface area contributed by atoms with Gasteiger partial charge in [-0.05, 0) is 44.3 Å². The van der Waals surface area contributed by atoms with Crippen molar-refractivity contribution in [3.8, 4) is 10.8 Å².